The topological polar surface area (TPSA) is 12.4 Å². The quantitative estimate of drug-likeness (QED) is 0.575. The summed E-state index contributed by atoms with van der Waals surface area (Å²) < 4.78 is 1.28. The van der Waals surface area contributed by atoms with E-state index in [2.05, 4.69) is 47.5 Å². The minimum Gasteiger partial charge on any atom is -0.245 e. The molecule has 2 heteroatoms. The van der Waals surface area contributed by atoms with Gasteiger partial charge in [-0.15, -0.1) is 11.3 Å². The van der Waals surface area contributed by atoms with Crippen LogP contribution in [0.1, 0.15) is 5.56 Å². The van der Waals surface area contributed by atoms with Gasteiger partial charge in [0.2, 0.25) is 0 Å². The molecule has 0 aliphatic heterocycles. The molecule has 0 radical (unpaired) electrons. The molecule has 0 amide bonds. The van der Waals surface area contributed by atoms with Crippen molar-refractivity contribution in [3.63, 3.8) is 0 Å². The molecule has 0 fully saturated rings. The fourth-order valence-electron chi connectivity index (χ4n) is 1.71. The van der Waals surface area contributed by atoms with Crippen LogP contribution in [-0.2, 0) is 0 Å². The molecule has 0 bridgehead atoms. The van der Waals surface area contributed by atoms with Crippen LogP contribution in [0, 0.1) is 0 Å². The molecule has 2 aromatic carbocycles. The maximum Gasteiger partial charge on any atom is 0.117 e. The smallest absolute Gasteiger partial charge is 0.117 e. The van der Waals surface area contributed by atoms with Gasteiger partial charge in [0.15, 0.2) is 0 Å². The van der Waals surface area contributed by atoms with Crippen LogP contribution >= 0.6 is 11.3 Å². The summed E-state index contributed by atoms with van der Waals surface area (Å²) >= 11 is 1.72. The van der Waals surface area contributed by atoms with Gasteiger partial charge in [-0.25, -0.2) is 4.99 Å². The molecule has 1 heterocycles. The number of hydrogen-bond acceptors (Lipinski definition) is 2. The third-order valence-corrected chi connectivity index (χ3v) is 3.58. The number of rotatable bonds is 2. The average molecular weight is 237 g/mol. The Kier molecular flexibility index (Phi) is 2.72. The summed E-state index contributed by atoms with van der Waals surface area (Å²) in [5.41, 5.74) is 1.13. The molecular weight excluding hydrogens is 226 g/mol. The lowest BCUT2D eigenvalue weighted by Crippen LogP contribution is -1.76. The van der Waals surface area contributed by atoms with Crippen LogP contribution in [0.5, 0.6) is 0 Å². The highest BCUT2D eigenvalue weighted by Gasteiger charge is 1.98. The lowest BCUT2D eigenvalue weighted by molar-refractivity contribution is 1.61. The first-order valence-corrected chi connectivity index (χ1v) is 6.31. The van der Waals surface area contributed by atoms with Crippen LogP contribution in [0.25, 0.3) is 10.1 Å². The zero-order valence-electron chi connectivity index (χ0n) is 9.21. The molecule has 0 N–H and O–H groups in total. The number of benzene rings is 2. The molecule has 0 saturated carbocycles. The van der Waals surface area contributed by atoms with Crippen LogP contribution in [-0.4, -0.2) is 6.21 Å². The summed E-state index contributed by atoms with van der Waals surface area (Å²) in [6.07, 6.45) is 1.91. The second-order valence-corrected chi connectivity index (χ2v) is 4.85. The lowest BCUT2D eigenvalue weighted by Gasteiger charge is -1.89. The third kappa shape index (κ3) is 2.27. The Morgan fingerprint density at radius 3 is 2.47 bits per heavy atom. The van der Waals surface area contributed by atoms with Crippen molar-refractivity contribution >= 4 is 32.6 Å². The summed E-state index contributed by atoms with van der Waals surface area (Å²) in [6, 6.07) is 20.6. The largest absolute Gasteiger partial charge is 0.245 e. The monoisotopic (exact) mass is 237 g/mol. The Hall–Kier alpha value is -1.93. The Balaban J connectivity index is 1.92. The van der Waals surface area contributed by atoms with Crippen LogP contribution in [0.2, 0.25) is 0 Å². The number of nitrogens with zero attached hydrogens (tertiary/aromatic N) is 1. The second kappa shape index (κ2) is 4.52. The molecule has 82 valence electrons. The number of thiophene rings is 1. The minimum absolute atomic E-state index is 1.05. The first-order chi connectivity index (χ1) is 8.42. The number of hydrogen-bond donors (Lipinski definition) is 0. The van der Waals surface area contributed by atoms with Crippen LogP contribution in [0.15, 0.2) is 65.7 Å². The predicted octanol–water partition coefficient (Wildman–Crippen LogP) is 4.65. The maximum absolute atomic E-state index is 4.51. The normalized spacial score (nSPS) is 11.3. The first kappa shape index (κ1) is 10.2. The van der Waals surface area contributed by atoms with Crippen molar-refractivity contribution in [2.75, 3.05) is 0 Å². The minimum atomic E-state index is 1.05. The molecule has 3 rings (SSSR count). The van der Waals surface area contributed by atoms with Crippen molar-refractivity contribution in [1.82, 2.24) is 0 Å². The molecule has 3 aromatic rings. The molecule has 0 unspecified atom stereocenters. The molecular formula is C15H11NS. The van der Waals surface area contributed by atoms with Gasteiger partial charge >= 0.3 is 0 Å². The fourth-order valence-corrected chi connectivity index (χ4v) is 2.62. The van der Waals surface area contributed by atoms with Crippen molar-refractivity contribution in [3.05, 3.63) is 66.2 Å². The highest BCUT2D eigenvalue weighted by atomic mass is 32.1. The zero-order chi connectivity index (χ0) is 11.5. The Bertz CT molecular complexity index is 620. The van der Waals surface area contributed by atoms with E-state index in [9.17, 15) is 0 Å². The number of aliphatic imine (C=N–C) groups is 1. The van der Waals surface area contributed by atoms with Crippen molar-refractivity contribution in [3.8, 4) is 0 Å². The highest BCUT2D eigenvalue weighted by molar-refractivity contribution is 7.22. The van der Waals surface area contributed by atoms with Crippen molar-refractivity contribution in [1.29, 1.82) is 0 Å². The Labute approximate surface area is 104 Å². The standard InChI is InChI=1S/C15H11NS/c1-2-6-12(7-3-1)11-16-15-10-13-8-4-5-9-14(13)17-15/h1-11H/b16-11+. The Morgan fingerprint density at radius 1 is 0.882 bits per heavy atom. The van der Waals surface area contributed by atoms with Gasteiger partial charge in [-0.2, -0.15) is 0 Å². The second-order valence-electron chi connectivity index (χ2n) is 3.79. The molecule has 0 atom stereocenters. The maximum atomic E-state index is 4.51. The van der Waals surface area contributed by atoms with Crippen molar-refractivity contribution < 1.29 is 0 Å². The van der Waals surface area contributed by atoms with E-state index in [1.807, 2.05) is 24.4 Å². The Morgan fingerprint density at radius 2 is 1.65 bits per heavy atom. The van der Waals surface area contributed by atoms with Crippen LogP contribution in [0.4, 0.5) is 5.00 Å². The van der Waals surface area contributed by atoms with E-state index >= 15 is 0 Å². The summed E-state index contributed by atoms with van der Waals surface area (Å²) in [7, 11) is 0. The van der Waals surface area contributed by atoms with Gasteiger partial charge in [0.05, 0.1) is 0 Å². The zero-order valence-corrected chi connectivity index (χ0v) is 10.0. The molecule has 0 aliphatic rings. The average Bonchev–Trinajstić information content (AvgIpc) is 2.80. The predicted molar refractivity (Wildman–Crippen MR) is 75.5 cm³/mol. The van der Waals surface area contributed by atoms with Gasteiger partial charge < -0.3 is 0 Å². The molecule has 17 heavy (non-hydrogen) atoms. The molecule has 0 spiro atoms. The molecule has 1 aromatic heterocycles. The summed E-state index contributed by atoms with van der Waals surface area (Å²) in [5.74, 6) is 0. The number of fused-ring (bicyclic) bond motifs is 1. The molecule has 0 saturated heterocycles. The molecule has 0 aliphatic carbocycles. The van der Waals surface area contributed by atoms with Crippen LogP contribution in [0.3, 0.4) is 0 Å². The fraction of sp³-hybridized carbons (Fsp3) is 0. The van der Waals surface area contributed by atoms with E-state index in [-0.39, 0.29) is 0 Å². The summed E-state index contributed by atoms with van der Waals surface area (Å²) in [4.78, 5) is 4.51. The summed E-state index contributed by atoms with van der Waals surface area (Å²) in [6.45, 7) is 0. The van der Waals surface area contributed by atoms with E-state index < -0.39 is 0 Å². The highest BCUT2D eigenvalue weighted by Crippen LogP contribution is 2.31. The van der Waals surface area contributed by atoms with E-state index in [0.29, 0.717) is 0 Å². The van der Waals surface area contributed by atoms with Crippen molar-refractivity contribution in [2.24, 2.45) is 4.99 Å². The summed E-state index contributed by atoms with van der Waals surface area (Å²) in [5, 5.41) is 2.31. The molecule has 1 nitrogen and oxygen atoms in total. The van der Waals surface area contributed by atoms with Gasteiger partial charge in [0.25, 0.3) is 0 Å². The van der Waals surface area contributed by atoms with Gasteiger partial charge in [0.1, 0.15) is 5.00 Å². The van der Waals surface area contributed by atoms with Crippen LogP contribution < -0.4 is 0 Å². The van der Waals surface area contributed by atoms with Crippen molar-refractivity contribution in [2.45, 2.75) is 0 Å². The van der Waals surface area contributed by atoms with Gasteiger partial charge in [-0.05, 0) is 23.1 Å². The van der Waals surface area contributed by atoms with Gasteiger partial charge in [-0.3, -0.25) is 0 Å². The van der Waals surface area contributed by atoms with Gasteiger partial charge in [0, 0.05) is 10.9 Å². The third-order valence-electron chi connectivity index (χ3n) is 2.55. The van der Waals surface area contributed by atoms with E-state index in [4.69, 9.17) is 0 Å². The van der Waals surface area contributed by atoms with Gasteiger partial charge in [-0.1, -0.05) is 48.5 Å². The SMILES string of the molecule is C(=N\c1cc2ccccc2s1)/c1ccccc1. The van der Waals surface area contributed by atoms with E-state index in [1.54, 1.807) is 11.3 Å². The lowest BCUT2D eigenvalue weighted by atomic mass is 10.2. The van der Waals surface area contributed by atoms with E-state index in [1.165, 1.54) is 10.1 Å². The first-order valence-electron chi connectivity index (χ1n) is 5.49. The van der Waals surface area contributed by atoms with E-state index in [0.717, 1.165) is 10.6 Å².